The number of rotatable bonds is 5. The molecule has 2 aromatic carbocycles. The lowest BCUT2D eigenvalue weighted by Crippen LogP contribution is -2.51. The number of piperazine rings is 1. The van der Waals surface area contributed by atoms with Gasteiger partial charge in [0.05, 0.1) is 11.3 Å². The van der Waals surface area contributed by atoms with E-state index >= 15 is 0 Å². The number of nitrogens with one attached hydrogen (secondary N) is 1. The van der Waals surface area contributed by atoms with Crippen LogP contribution in [0.15, 0.2) is 53.6 Å². The summed E-state index contributed by atoms with van der Waals surface area (Å²) in [5, 5.41) is 18.8. The Balaban J connectivity index is 1.32. The lowest BCUT2D eigenvalue weighted by molar-refractivity contribution is 0.352. The maximum Gasteiger partial charge on any atom is 0.330 e. The number of hydrogen-bond donors (Lipinski definition) is 2. The zero-order valence-corrected chi connectivity index (χ0v) is 20.5. The first-order valence-electron chi connectivity index (χ1n) is 12.4. The van der Waals surface area contributed by atoms with Crippen LogP contribution in [-0.4, -0.2) is 59.9 Å². The maximum atomic E-state index is 14.6. The smallest absolute Gasteiger partial charge is 0.330 e. The highest BCUT2D eigenvalue weighted by atomic mass is 19.1. The predicted molar refractivity (Wildman–Crippen MR) is 138 cm³/mol. The van der Waals surface area contributed by atoms with Gasteiger partial charge in [-0.2, -0.15) is 15.0 Å². The number of phenolic OH excluding ortho intramolecular Hbond substituents is 1. The molecule has 3 aromatic heterocycles. The van der Waals surface area contributed by atoms with E-state index in [0.717, 1.165) is 25.9 Å². The minimum Gasteiger partial charge on any atom is -0.508 e. The maximum absolute atomic E-state index is 14.6. The highest BCUT2D eigenvalue weighted by Crippen LogP contribution is 2.35. The van der Waals surface area contributed by atoms with E-state index in [0.29, 0.717) is 40.1 Å². The fraction of sp³-hybridized carbons (Fsp3) is 0.222. The van der Waals surface area contributed by atoms with Gasteiger partial charge >= 0.3 is 6.01 Å². The zero-order chi connectivity index (χ0) is 26.5. The summed E-state index contributed by atoms with van der Waals surface area (Å²) in [5.74, 6) is 2.83. The predicted octanol–water partition coefficient (Wildman–Crippen LogP) is 3.42. The van der Waals surface area contributed by atoms with E-state index in [9.17, 15) is 9.50 Å². The molecule has 0 spiro atoms. The molecule has 194 valence electrons. The van der Waals surface area contributed by atoms with Crippen molar-refractivity contribution in [3.8, 4) is 47.2 Å². The summed E-state index contributed by atoms with van der Waals surface area (Å²) in [7, 11) is 0. The van der Waals surface area contributed by atoms with Crippen molar-refractivity contribution < 1.29 is 18.8 Å². The minimum atomic E-state index is -0.530. The van der Waals surface area contributed by atoms with Crippen LogP contribution < -0.4 is 15.0 Å². The summed E-state index contributed by atoms with van der Waals surface area (Å²) < 4.78 is 26.8. The lowest BCUT2D eigenvalue weighted by Gasteiger charge is -2.32. The number of aromatic nitrogens is 6. The molecule has 11 nitrogen and oxygen atoms in total. The summed E-state index contributed by atoms with van der Waals surface area (Å²) in [4.78, 5) is 20.4. The Labute approximate surface area is 221 Å². The van der Waals surface area contributed by atoms with E-state index in [1.54, 1.807) is 22.9 Å². The van der Waals surface area contributed by atoms with Crippen LogP contribution in [0.2, 0.25) is 0 Å². The Morgan fingerprint density at radius 2 is 1.92 bits per heavy atom. The van der Waals surface area contributed by atoms with Crippen molar-refractivity contribution in [3.05, 3.63) is 60.5 Å². The normalized spacial score (nSPS) is 18.4. The quantitative estimate of drug-likeness (QED) is 0.330. The van der Waals surface area contributed by atoms with E-state index < -0.39 is 5.82 Å². The third-order valence-electron chi connectivity index (χ3n) is 6.99. The number of phenols is 1. The molecule has 2 aliphatic heterocycles. The number of ether oxygens (including phenoxy) is 1. The highest BCUT2D eigenvalue weighted by molar-refractivity contribution is 6.01. The average Bonchev–Trinajstić information content (AvgIpc) is 3.70. The fourth-order valence-electron chi connectivity index (χ4n) is 5.29. The van der Waals surface area contributed by atoms with Gasteiger partial charge in [0, 0.05) is 48.4 Å². The molecule has 2 bridgehead atoms. The average molecular weight is 525 g/mol. The molecule has 2 aliphatic rings. The summed E-state index contributed by atoms with van der Waals surface area (Å²) >= 11 is 0. The van der Waals surface area contributed by atoms with Gasteiger partial charge < -0.3 is 24.6 Å². The number of anilines is 1. The molecule has 12 heteroatoms. The number of terminal acetylenes is 1. The summed E-state index contributed by atoms with van der Waals surface area (Å²) in [6.45, 7) is 1.52. The third kappa shape index (κ3) is 4.18. The van der Waals surface area contributed by atoms with E-state index in [1.165, 1.54) is 30.8 Å². The molecule has 2 N–H and O–H groups in total. The first-order chi connectivity index (χ1) is 19.0. The molecule has 0 unspecified atom stereocenters. The molecule has 7 rings (SSSR count). The van der Waals surface area contributed by atoms with Gasteiger partial charge in [0.2, 0.25) is 11.9 Å². The molecule has 0 radical (unpaired) electrons. The zero-order valence-electron chi connectivity index (χ0n) is 20.5. The number of hydrogen-bond acceptors (Lipinski definition) is 10. The van der Waals surface area contributed by atoms with Crippen molar-refractivity contribution in [2.45, 2.75) is 24.9 Å². The third-order valence-corrected chi connectivity index (χ3v) is 6.99. The van der Waals surface area contributed by atoms with Crippen LogP contribution in [0.25, 0.3) is 28.0 Å². The van der Waals surface area contributed by atoms with Crippen molar-refractivity contribution >= 4 is 16.7 Å². The molecule has 2 saturated heterocycles. The van der Waals surface area contributed by atoms with E-state index in [4.69, 9.17) is 20.7 Å². The van der Waals surface area contributed by atoms with E-state index in [-0.39, 0.29) is 29.2 Å². The monoisotopic (exact) mass is 524 g/mol. The Hall–Kier alpha value is -5.02. The number of benzene rings is 2. The van der Waals surface area contributed by atoms with Gasteiger partial charge in [0.1, 0.15) is 24.2 Å². The van der Waals surface area contributed by atoms with Crippen LogP contribution >= 0.6 is 0 Å². The first kappa shape index (κ1) is 23.1. The first-order valence-corrected chi connectivity index (χ1v) is 12.4. The number of fused-ring (bicyclic) bond motifs is 3. The Bertz CT molecular complexity index is 1730. The van der Waals surface area contributed by atoms with Crippen molar-refractivity contribution in [1.82, 2.24) is 35.0 Å². The van der Waals surface area contributed by atoms with Gasteiger partial charge in [-0.3, -0.25) is 4.57 Å². The standard InChI is InChI=1S/C27H21FN8O3/c1-2-19-21(28)6-3-15-9-18(37)10-20(24(15)19)22-13-36(14-29-22)26-31-25(35-11-16-4-5-17(12-35)30-16)32-27(33-26)39-23-7-8-38-34-23/h1,3,6-10,13-14,16-17,30,37H,4-5,11-12H2/t16-,17+. The Kier molecular flexibility index (Phi) is 5.38. The molecule has 0 aliphatic carbocycles. The van der Waals surface area contributed by atoms with Crippen LogP contribution in [0.3, 0.4) is 0 Å². The van der Waals surface area contributed by atoms with Crippen molar-refractivity contribution in [1.29, 1.82) is 0 Å². The van der Waals surface area contributed by atoms with Gasteiger partial charge in [0.15, 0.2) is 0 Å². The molecule has 2 atom stereocenters. The molecule has 2 fully saturated rings. The molecule has 5 aromatic rings. The minimum absolute atomic E-state index is 0.000661. The molecule has 0 amide bonds. The molecule has 0 saturated carbocycles. The Morgan fingerprint density at radius 1 is 1.10 bits per heavy atom. The molecule has 39 heavy (non-hydrogen) atoms. The SMILES string of the molecule is C#Cc1c(F)ccc2cc(O)cc(-c3cn(-c4nc(Oc5ccon5)nc(N5C[C@H]6CC[C@@H](C5)N6)n4)cn3)c12. The van der Waals surface area contributed by atoms with Gasteiger partial charge in [-0.25, -0.2) is 9.37 Å². The molecule has 5 heterocycles. The summed E-state index contributed by atoms with van der Waals surface area (Å²) in [5.41, 5.74) is 1.01. The largest absolute Gasteiger partial charge is 0.508 e. The number of imidazole rings is 1. The second-order valence-electron chi connectivity index (χ2n) is 9.52. The topological polar surface area (TPSA) is 127 Å². The summed E-state index contributed by atoms with van der Waals surface area (Å²) in [6.07, 6.45) is 12.4. The van der Waals surface area contributed by atoms with Crippen LogP contribution in [0, 0.1) is 18.2 Å². The van der Waals surface area contributed by atoms with E-state index in [1.807, 2.05) is 0 Å². The number of nitrogens with zero attached hydrogens (tertiary/aromatic N) is 7. The fourth-order valence-corrected chi connectivity index (χ4v) is 5.29. The van der Waals surface area contributed by atoms with Crippen LogP contribution in [0.1, 0.15) is 18.4 Å². The Morgan fingerprint density at radius 3 is 2.69 bits per heavy atom. The lowest BCUT2D eigenvalue weighted by atomic mass is 9.97. The second-order valence-corrected chi connectivity index (χ2v) is 9.52. The summed E-state index contributed by atoms with van der Waals surface area (Å²) in [6, 6.07) is 8.22. The van der Waals surface area contributed by atoms with Gasteiger partial charge in [0.25, 0.3) is 5.88 Å². The van der Waals surface area contributed by atoms with Gasteiger partial charge in [-0.15, -0.1) is 6.42 Å². The highest BCUT2D eigenvalue weighted by Gasteiger charge is 2.34. The molecular weight excluding hydrogens is 503 g/mol. The molecular formula is C27H21FN8O3. The van der Waals surface area contributed by atoms with Crippen LogP contribution in [-0.2, 0) is 0 Å². The van der Waals surface area contributed by atoms with Crippen molar-refractivity contribution in [2.75, 3.05) is 18.0 Å². The van der Waals surface area contributed by atoms with Crippen molar-refractivity contribution in [2.24, 2.45) is 0 Å². The second kappa shape index (κ2) is 9.07. The van der Waals surface area contributed by atoms with Crippen LogP contribution in [0.4, 0.5) is 10.3 Å². The van der Waals surface area contributed by atoms with Gasteiger partial charge in [-0.05, 0) is 41.6 Å². The van der Waals surface area contributed by atoms with Crippen molar-refractivity contribution in [3.63, 3.8) is 0 Å². The van der Waals surface area contributed by atoms with Gasteiger partial charge in [-0.1, -0.05) is 12.0 Å². The van der Waals surface area contributed by atoms with Crippen LogP contribution in [0.5, 0.6) is 17.6 Å². The number of halogens is 1. The van der Waals surface area contributed by atoms with E-state index in [2.05, 4.69) is 36.2 Å². The number of aromatic hydroxyl groups is 1.